The van der Waals surface area contributed by atoms with E-state index in [0.29, 0.717) is 44.6 Å². The largest absolute Gasteiger partial charge is 0.573 e. The number of rotatable bonds is 6. The molecule has 2 aromatic heterocycles. The van der Waals surface area contributed by atoms with Crippen LogP contribution in [0.15, 0.2) is 78.0 Å². The first-order valence-corrected chi connectivity index (χ1v) is 14.0. The molecule has 0 radical (unpaired) electrons. The fourth-order valence-electron chi connectivity index (χ4n) is 4.34. The van der Waals surface area contributed by atoms with Crippen molar-refractivity contribution < 1.29 is 26.3 Å². The topological polar surface area (TPSA) is 91.9 Å². The van der Waals surface area contributed by atoms with Crippen molar-refractivity contribution in [2.45, 2.75) is 25.1 Å². The van der Waals surface area contributed by atoms with E-state index in [0.717, 1.165) is 11.9 Å². The summed E-state index contributed by atoms with van der Waals surface area (Å²) in [6.45, 7) is 3.66. The van der Waals surface area contributed by atoms with Crippen LogP contribution in [0.3, 0.4) is 0 Å². The smallest absolute Gasteiger partial charge is 0.406 e. The predicted molar refractivity (Wildman–Crippen MR) is 144 cm³/mol. The second kappa shape index (κ2) is 10.1. The monoisotopic (exact) mass is 587 g/mol. The Bertz CT molecular complexity index is 1830. The Morgan fingerprint density at radius 3 is 2.30 bits per heavy atom. The summed E-state index contributed by atoms with van der Waals surface area (Å²) in [7, 11) is -3.46. The summed E-state index contributed by atoms with van der Waals surface area (Å²) in [5.41, 5.74) is 3.97. The van der Waals surface area contributed by atoms with E-state index < -0.39 is 16.2 Å². The molecule has 0 amide bonds. The first-order chi connectivity index (χ1) is 18.8. The van der Waals surface area contributed by atoms with Gasteiger partial charge in [0.05, 0.1) is 38.9 Å². The number of alkyl halides is 3. The summed E-state index contributed by atoms with van der Waals surface area (Å²) in [5.74, 6) is 0.291. The lowest BCUT2D eigenvalue weighted by molar-refractivity contribution is -0.274. The van der Waals surface area contributed by atoms with E-state index >= 15 is 0 Å². The van der Waals surface area contributed by atoms with Gasteiger partial charge in [0.15, 0.2) is 9.84 Å². The number of ether oxygens (including phenoxy) is 1. The van der Waals surface area contributed by atoms with Gasteiger partial charge in [-0.25, -0.2) is 18.1 Å². The lowest BCUT2D eigenvalue weighted by Crippen LogP contribution is -2.16. The summed E-state index contributed by atoms with van der Waals surface area (Å²) >= 11 is 6.88. The lowest BCUT2D eigenvalue weighted by Gasteiger charge is -2.18. The van der Waals surface area contributed by atoms with Gasteiger partial charge in [-0.3, -0.25) is 0 Å². The van der Waals surface area contributed by atoms with Crippen molar-refractivity contribution in [1.82, 2.24) is 24.5 Å². The van der Waals surface area contributed by atoms with Crippen LogP contribution >= 0.6 is 11.6 Å². The Kier molecular flexibility index (Phi) is 6.92. The van der Waals surface area contributed by atoms with Crippen LogP contribution in [-0.2, 0) is 9.84 Å². The number of aryl methyl sites for hydroxylation is 2. The van der Waals surface area contributed by atoms with Crippen molar-refractivity contribution in [2.24, 2.45) is 0 Å². The molecule has 5 aromatic rings. The number of aromatic nitrogens is 5. The van der Waals surface area contributed by atoms with Crippen molar-refractivity contribution in [3.05, 3.63) is 89.6 Å². The zero-order valence-corrected chi connectivity index (χ0v) is 22.9. The molecule has 0 saturated carbocycles. The van der Waals surface area contributed by atoms with Crippen molar-refractivity contribution >= 4 is 21.4 Å². The number of nitrogens with zero attached hydrogens (tertiary/aromatic N) is 5. The van der Waals surface area contributed by atoms with Gasteiger partial charge in [-0.1, -0.05) is 28.9 Å². The Morgan fingerprint density at radius 1 is 0.950 bits per heavy atom. The number of imidazole rings is 1. The molecule has 5 rings (SSSR count). The van der Waals surface area contributed by atoms with Crippen LogP contribution in [-0.4, -0.2) is 45.6 Å². The number of sulfone groups is 1. The molecule has 0 bridgehead atoms. The van der Waals surface area contributed by atoms with E-state index in [1.165, 1.54) is 41.2 Å². The molecule has 206 valence electrons. The van der Waals surface area contributed by atoms with Crippen LogP contribution in [0, 0.1) is 13.8 Å². The highest BCUT2D eigenvalue weighted by molar-refractivity contribution is 7.90. The molecule has 0 atom stereocenters. The Morgan fingerprint density at radius 2 is 1.68 bits per heavy atom. The third-order valence-electron chi connectivity index (χ3n) is 6.04. The van der Waals surface area contributed by atoms with Crippen LogP contribution < -0.4 is 4.74 Å². The van der Waals surface area contributed by atoms with Crippen LogP contribution in [0.5, 0.6) is 5.75 Å². The number of hydrogen-bond acceptors (Lipinski definition) is 6. The number of halogens is 4. The van der Waals surface area contributed by atoms with Gasteiger partial charge in [-0.15, -0.1) is 18.3 Å². The molecule has 13 heteroatoms. The van der Waals surface area contributed by atoms with Gasteiger partial charge in [0.1, 0.15) is 11.6 Å². The van der Waals surface area contributed by atoms with Crippen LogP contribution in [0.1, 0.15) is 11.5 Å². The van der Waals surface area contributed by atoms with Crippen LogP contribution in [0.25, 0.3) is 33.8 Å². The molecule has 40 heavy (non-hydrogen) atoms. The Hall–Kier alpha value is -4.16. The average molecular weight is 588 g/mol. The quantitative estimate of drug-likeness (QED) is 0.230. The van der Waals surface area contributed by atoms with E-state index in [2.05, 4.69) is 20.0 Å². The van der Waals surface area contributed by atoms with Gasteiger partial charge in [0.25, 0.3) is 0 Å². The predicted octanol–water partition coefficient (Wildman–Crippen LogP) is 6.36. The zero-order chi connectivity index (χ0) is 28.8. The molecule has 8 nitrogen and oxygen atoms in total. The molecular weight excluding hydrogens is 567 g/mol. The summed E-state index contributed by atoms with van der Waals surface area (Å²) in [4.78, 5) is 4.62. The maximum atomic E-state index is 12.6. The van der Waals surface area contributed by atoms with Gasteiger partial charge in [-0.05, 0) is 73.5 Å². The SMILES string of the molecule is Cc1cn(-c2c(Cl)cc(-c3cccc(S(C)(=O)=O)c3)cc2-n2nncc2-c2ccc(OC(F)(F)F)cc2)c(C)n1. The van der Waals surface area contributed by atoms with Crippen LogP contribution in [0.4, 0.5) is 13.2 Å². The molecule has 2 heterocycles. The highest BCUT2D eigenvalue weighted by Gasteiger charge is 2.31. The molecule has 0 saturated heterocycles. The second-order valence-corrected chi connectivity index (χ2v) is 11.5. The van der Waals surface area contributed by atoms with E-state index in [1.54, 1.807) is 34.9 Å². The molecule has 0 aliphatic carbocycles. The summed E-state index contributed by atoms with van der Waals surface area (Å²) in [6.07, 6.45) is -0.402. The van der Waals surface area contributed by atoms with Crippen molar-refractivity contribution in [1.29, 1.82) is 0 Å². The van der Waals surface area contributed by atoms with Gasteiger partial charge in [-0.2, -0.15) is 0 Å². The van der Waals surface area contributed by atoms with E-state index in [1.807, 2.05) is 20.0 Å². The maximum absolute atomic E-state index is 12.6. The normalized spacial score (nSPS) is 12.1. The Balaban J connectivity index is 1.71. The summed E-state index contributed by atoms with van der Waals surface area (Å²) < 4.78 is 69.6. The lowest BCUT2D eigenvalue weighted by atomic mass is 10.0. The summed E-state index contributed by atoms with van der Waals surface area (Å²) in [5, 5.41) is 8.65. The van der Waals surface area contributed by atoms with Gasteiger partial charge in [0, 0.05) is 18.0 Å². The van der Waals surface area contributed by atoms with E-state index in [4.69, 9.17) is 11.6 Å². The second-order valence-electron chi connectivity index (χ2n) is 9.03. The minimum Gasteiger partial charge on any atom is -0.406 e. The zero-order valence-electron chi connectivity index (χ0n) is 21.3. The third kappa shape index (κ3) is 5.58. The molecule has 0 unspecified atom stereocenters. The first kappa shape index (κ1) is 27.4. The van der Waals surface area contributed by atoms with E-state index in [-0.39, 0.29) is 10.6 Å². The van der Waals surface area contributed by atoms with Gasteiger partial charge in [0.2, 0.25) is 0 Å². The molecule has 0 N–H and O–H groups in total. The fraction of sp³-hybridized carbons (Fsp3) is 0.148. The minimum absolute atomic E-state index is 0.149. The maximum Gasteiger partial charge on any atom is 0.573 e. The molecule has 3 aromatic carbocycles. The molecule has 0 spiro atoms. The van der Waals surface area contributed by atoms with Crippen LogP contribution in [0.2, 0.25) is 5.02 Å². The fourth-order valence-corrected chi connectivity index (χ4v) is 5.31. The van der Waals surface area contributed by atoms with Gasteiger partial charge < -0.3 is 9.30 Å². The Labute approximate surface area is 232 Å². The van der Waals surface area contributed by atoms with Gasteiger partial charge >= 0.3 is 6.36 Å². The minimum atomic E-state index is -4.81. The molecule has 0 aliphatic heterocycles. The van der Waals surface area contributed by atoms with Crippen molar-refractivity contribution in [3.8, 4) is 39.5 Å². The van der Waals surface area contributed by atoms with Crippen molar-refractivity contribution in [3.63, 3.8) is 0 Å². The number of hydrogen-bond donors (Lipinski definition) is 0. The summed E-state index contributed by atoms with van der Waals surface area (Å²) in [6, 6.07) is 15.3. The third-order valence-corrected chi connectivity index (χ3v) is 7.44. The van der Waals surface area contributed by atoms with E-state index in [9.17, 15) is 21.6 Å². The first-order valence-electron chi connectivity index (χ1n) is 11.7. The average Bonchev–Trinajstić information content (AvgIpc) is 3.48. The molecule has 0 fully saturated rings. The highest BCUT2D eigenvalue weighted by atomic mass is 35.5. The standard InChI is InChI=1S/C27H21ClF3N5O3S/c1-16-15-35(17(2)33-16)26-23(28)12-20(19-5-4-6-22(11-19)40(3,37)38)13-24(26)36-25(14-32-34-36)18-7-9-21(10-8-18)39-27(29,30)31/h4-15H,1-3H3. The van der Waals surface area contributed by atoms with Crippen molar-refractivity contribution in [2.75, 3.05) is 6.26 Å². The number of benzene rings is 3. The highest BCUT2D eigenvalue weighted by Crippen LogP contribution is 2.37. The molecule has 0 aliphatic rings. The molecular formula is C27H21ClF3N5O3S.